The number of hydrogen-bond donors (Lipinski definition) is 0. The van der Waals surface area contributed by atoms with E-state index in [1.165, 1.54) is 0 Å². The number of likely N-dealkylation sites (N-methyl/N-ethyl adjacent to an activating group) is 1. The first kappa shape index (κ1) is 13.2. The molecule has 2 rings (SSSR count). The van der Waals surface area contributed by atoms with E-state index >= 15 is 0 Å². The average molecular weight is 264 g/mol. The number of nitrogens with zero attached hydrogens (tertiary/aromatic N) is 3. The van der Waals surface area contributed by atoms with Crippen molar-refractivity contribution >= 4 is 17.3 Å². The number of anilines is 1. The molecular weight excluding hydrogens is 246 g/mol. The van der Waals surface area contributed by atoms with Crippen LogP contribution in [0, 0.1) is 11.3 Å². The molecule has 0 amide bonds. The summed E-state index contributed by atoms with van der Waals surface area (Å²) in [7, 11) is 0. The van der Waals surface area contributed by atoms with Gasteiger partial charge in [-0.1, -0.05) is 24.6 Å². The lowest BCUT2D eigenvalue weighted by atomic mass is 10.1. The number of halogens is 1. The third-order valence-corrected chi connectivity index (χ3v) is 3.93. The van der Waals surface area contributed by atoms with E-state index in [-0.39, 0.29) is 0 Å². The molecule has 1 fully saturated rings. The molecule has 96 valence electrons. The van der Waals surface area contributed by atoms with Crippen molar-refractivity contribution in [3.8, 4) is 6.07 Å². The van der Waals surface area contributed by atoms with Gasteiger partial charge in [-0.2, -0.15) is 5.26 Å². The van der Waals surface area contributed by atoms with Crippen LogP contribution in [-0.4, -0.2) is 37.1 Å². The van der Waals surface area contributed by atoms with Crippen molar-refractivity contribution in [3.05, 3.63) is 28.8 Å². The first-order chi connectivity index (χ1) is 8.67. The molecule has 0 aromatic heterocycles. The molecule has 4 heteroatoms. The fraction of sp³-hybridized carbons (Fsp3) is 0.500. The Morgan fingerprint density at radius 3 is 2.83 bits per heavy atom. The Labute approximate surface area is 114 Å². The molecule has 0 spiro atoms. The van der Waals surface area contributed by atoms with Crippen molar-refractivity contribution in [1.29, 1.82) is 5.26 Å². The lowest BCUT2D eigenvalue weighted by molar-refractivity contribution is 0.199. The van der Waals surface area contributed by atoms with Gasteiger partial charge in [0.05, 0.1) is 16.3 Å². The molecule has 0 saturated carbocycles. The number of piperazine rings is 1. The van der Waals surface area contributed by atoms with Crippen LogP contribution in [0.2, 0.25) is 5.02 Å². The largest absolute Gasteiger partial charge is 0.368 e. The maximum atomic E-state index is 9.22. The van der Waals surface area contributed by atoms with Gasteiger partial charge < -0.3 is 4.90 Å². The minimum atomic E-state index is 0.509. The minimum Gasteiger partial charge on any atom is -0.368 e. The highest BCUT2D eigenvalue weighted by Gasteiger charge is 2.24. The Morgan fingerprint density at radius 2 is 2.22 bits per heavy atom. The lowest BCUT2D eigenvalue weighted by Crippen LogP contribution is -2.51. The van der Waals surface area contributed by atoms with Crippen molar-refractivity contribution in [2.45, 2.75) is 19.9 Å². The fourth-order valence-corrected chi connectivity index (χ4v) is 2.78. The molecule has 1 heterocycles. The van der Waals surface area contributed by atoms with E-state index in [1.807, 2.05) is 12.1 Å². The quantitative estimate of drug-likeness (QED) is 0.822. The molecule has 0 N–H and O–H groups in total. The summed E-state index contributed by atoms with van der Waals surface area (Å²) in [5, 5.41) is 9.76. The highest BCUT2D eigenvalue weighted by Crippen LogP contribution is 2.28. The Bertz CT molecular complexity index is 467. The van der Waals surface area contributed by atoms with Crippen LogP contribution in [0.4, 0.5) is 5.69 Å². The van der Waals surface area contributed by atoms with Crippen molar-refractivity contribution < 1.29 is 0 Å². The second kappa shape index (κ2) is 5.60. The molecule has 0 aliphatic carbocycles. The zero-order chi connectivity index (χ0) is 13.1. The van der Waals surface area contributed by atoms with Crippen LogP contribution in [0.25, 0.3) is 0 Å². The summed E-state index contributed by atoms with van der Waals surface area (Å²) in [6.07, 6.45) is 0. The highest BCUT2D eigenvalue weighted by molar-refractivity contribution is 6.32. The topological polar surface area (TPSA) is 30.3 Å². The molecule has 1 aromatic carbocycles. The van der Waals surface area contributed by atoms with Crippen LogP contribution in [-0.2, 0) is 0 Å². The molecular formula is C14H18ClN3. The highest BCUT2D eigenvalue weighted by atomic mass is 35.5. The van der Waals surface area contributed by atoms with Crippen LogP contribution >= 0.6 is 11.6 Å². The minimum absolute atomic E-state index is 0.509. The van der Waals surface area contributed by atoms with Gasteiger partial charge in [-0.15, -0.1) is 0 Å². The van der Waals surface area contributed by atoms with Gasteiger partial charge in [0.1, 0.15) is 6.07 Å². The second-order valence-electron chi connectivity index (χ2n) is 4.67. The summed E-state index contributed by atoms with van der Waals surface area (Å²) >= 11 is 6.08. The Kier molecular flexibility index (Phi) is 4.11. The average Bonchev–Trinajstić information content (AvgIpc) is 2.38. The van der Waals surface area contributed by atoms with E-state index in [4.69, 9.17) is 11.6 Å². The summed E-state index contributed by atoms with van der Waals surface area (Å²) in [5.74, 6) is 0. The summed E-state index contributed by atoms with van der Waals surface area (Å²) < 4.78 is 0. The number of rotatable bonds is 2. The Morgan fingerprint density at radius 1 is 1.44 bits per heavy atom. The molecule has 1 unspecified atom stereocenters. The monoisotopic (exact) mass is 263 g/mol. The van der Waals surface area contributed by atoms with Gasteiger partial charge in [0, 0.05) is 25.7 Å². The summed E-state index contributed by atoms with van der Waals surface area (Å²) in [5.41, 5.74) is 1.56. The standard InChI is InChI=1S/C14H18ClN3/c1-3-17-7-8-18(10-11(17)2)14-6-4-5-13(15)12(14)9-16/h4-6,11H,3,7-8,10H2,1-2H3. The number of benzene rings is 1. The third-order valence-electron chi connectivity index (χ3n) is 3.62. The molecule has 0 radical (unpaired) electrons. The molecule has 1 atom stereocenters. The van der Waals surface area contributed by atoms with Crippen molar-refractivity contribution in [3.63, 3.8) is 0 Å². The van der Waals surface area contributed by atoms with E-state index in [0.717, 1.165) is 31.9 Å². The number of hydrogen-bond acceptors (Lipinski definition) is 3. The molecule has 1 aromatic rings. The van der Waals surface area contributed by atoms with Crippen LogP contribution in [0.1, 0.15) is 19.4 Å². The SMILES string of the molecule is CCN1CCN(c2cccc(Cl)c2C#N)CC1C. The van der Waals surface area contributed by atoms with Crippen LogP contribution in [0.3, 0.4) is 0 Å². The predicted octanol–water partition coefficient (Wildman–Crippen LogP) is 2.74. The zero-order valence-corrected chi connectivity index (χ0v) is 11.6. The zero-order valence-electron chi connectivity index (χ0n) is 10.9. The van der Waals surface area contributed by atoms with Gasteiger partial charge in [0.15, 0.2) is 0 Å². The first-order valence-electron chi connectivity index (χ1n) is 6.35. The van der Waals surface area contributed by atoms with Crippen molar-refractivity contribution in [2.24, 2.45) is 0 Å². The van der Waals surface area contributed by atoms with Crippen LogP contribution in [0.5, 0.6) is 0 Å². The molecule has 1 aliphatic heterocycles. The summed E-state index contributed by atoms with van der Waals surface area (Å²) in [6, 6.07) is 8.39. The van der Waals surface area contributed by atoms with E-state index < -0.39 is 0 Å². The fourth-order valence-electron chi connectivity index (χ4n) is 2.57. The molecule has 3 nitrogen and oxygen atoms in total. The number of nitriles is 1. The normalized spacial score (nSPS) is 20.8. The Hall–Kier alpha value is -1.24. The summed E-state index contributed by atoms with van der Waals surface area (Å²) in [4.78, 5) is 4.72. The van der Waals surface area contributed by atoms with Gasteiger partial charge in [0.2, 0.25) is 0 Å². The van der Waals surface area contributed by atoms with E-state index in [1.54, 1.807) is 6.07 Å². The van der Waals surface area contributed by atoms with Crippen LogP contribution in [0.15, 0.2) is 18.2 Å². The van der Waals surface area contributed by atoms with Crippen molar-refractivity contribution in [1.82, 2.24) is 4.90 Å². The molecule has 1 aliphatic rings. The lowest BCUT2D eigenvalue weighted by Gasteiger charge is -2.40. The Balaban J connectivity index is 2.24. The van der Waals surface area contributed by atoms with Gasteiger partial charge in [0.25, 0.3) is 0 Å². The molecule has 1 saturated heterocycles. The molecule has 0 bridgehead atoms. The second-order valence-corrected chi connectivity index (χ2v) is 5.08. The predicted molar refractivity (Wildman–Crippen MR) is 75.1 cm³/mol. The maximum absolute atomic E-state index is 9.22. The molecule has 18 heavy (non-hydrogen) atoms. The first-order valence-corrected chi connectivity index (χ1v) is 6.72. The van der Waals surface area contributed by atoms with Gasteiger partial charge in [-0.3, -0.25) is 4.90 Å². The van der Waals surface area contributed by atoms with Crippen LogP contribution < -0.4 is 4.90 Å². The maximum Gasteiger partial charge on any atom is 0.103 e. The van der Waals surface area contributed by atoms with Crippen molar-refractivity contribution in [2.75, 3.05) is 31.1 Å². The third kappa shape index (κ3) is 2.45. The smallest absolute Gasteiger partial charge is 0.103 e. The van der Waals surface area contributed by atoms with Gasteiger partial charge in [-0.05, 0) is 25.6 Å². The van der Waals surface area contributed by atoms with Gasteiger partial charge in [-0.25, -0.2) is 0 Å². The van der Waals surface area contributed by atoms with E-state index in [9.17, 15) is 5.26 Å². The van der Waals surface area contributed by atoms with E-state index in [0.29, 0.717) is 16.6 Å². The summed E-state index contributed by atoms with van der Waals surface area (Å²) in [6.45, 7) is 8.43. The van der Waals surface area contributed by atoms with E-state index in [2.05, 4.69) is 29.7 Å². The van der Waals surface area contributed by atoms with Gasteiger partial charge >= 0.3 is 0 Å².